The first kappa shape index (κ1) is 19.1. The summed E-state index contributed by atoms with van der Waals surface area (Å²) in [5, 5.41) is 13.2. The van der Waals surface area contributed by atoms with E-state index in [4.69, 9.17) is 0 Å². The molecule has 1 aliphatic heterocycles. The Balaban J connectivity index is 0.00000182. The second-order valence-corrected chi connectivity index (χ2v) is 7.96. The number of rotatable bonds is 5. The van der Waals surface area contributed by atoms with Crippen LogP contribution in [0.15, 0.2) is 30.3 Å². The van der Waals surface area contributed by atoms with E-state index in [-0.39, 0.29) is 47.4 Å². The molecule has 3 aliphatic rings. The van der Waals surface area contributed by atoms with Gasteiger partial charge in [0.05, 0.1) is 11.5 Å². The van der Waals surface area contributed by atoms with Crippen molar-refractivity contribution in [1.29, 1.82) is 0 Å². The van der Waals surface area contributed by atoms with Gasteiger partial charge in [0.2, 0.25) is 5.91 Å². The summed E-state index contributed by atoms with van der Waals surface area (Å²) in [7, 11) is 0. The molecule has 2 aliphatic carbocycles. The molecule has 1 aromatic rings. The van der Waals surface area contributed by atoms with Crippen LogP contribution < -0.4 is 5.32 Å². The summed E-state index contributed by atoms with van der Waals surface area (Å²) in [6.07, 6.45) is 6.95. The Labute approximate surface area is 167 Å². The lowest BCUT2D eigenvalue weighted by atomic mass is 9.95. The Bertz CT molecular complexity index is 591. The van der Waals surface area contributed by atoms with Gasteiger partial charge in [-0.15, -0.1) is 24.0 Å². The van der Waals surface area contributed by atoms with Crippen molar-refractivity contribution < 1.29 is 9.90 Å². The molecular formula is C20H29IN2O2. The van der Waals surface area contributed by atoms with Crippen LogP contribution in [0.5, 0.6) is 0 Å². The first-order valence-corrected chi connectivity index (χ1v) is 9.43. The minimum absolute atomic E-state index is 0. The smallest absolute Gasteiger partial charge is 0.226 e. The first-order valence-electron chi connectivity index (χ1n) is 9.43. The Morgan fingerprint density at radius 1 is 1.20 bits per heavy atom. The molecule has 0 radical (unpaired) electrons. The summed E-state index contributed by atoms with van der Waals surface area (Å²) < 4.78 is 0. The molecule has 2 N–H and O–H groups in total. The number of β-amino-alcohol motifs (C(OH)–C–C–N with tert-alkyl or cyclic N) is 1. The fourth-order valence-corrected chi connectivity index (χ4v) is 4.56. The highest BCUT2D eigenvalue weighted by molar-refractivity contribution is 14.0. The van der Waals surface area contributed by atoms with Gasteiger partial charge in [-0.1, -0.05) is 30.3 Å². The van der Waals surface area contributed by atoms with Crippen molar-refractivity contribution in [3.8, 4) is 0 Å². The fraction of sp³-hybridized carbons (Fsp3) is 0.650. The van der Waals surface area contributed by atoms with Gasteiger partial charge in [0.1, 0.15) is 0 Å². The number of hydrogen-bond donors (Lipinski definition) is 2. The molecule has 1 unspecified atom stereocenters. The van der Waals surface area contributed by atoms with Crippen LogP contribution >= 0.6 is 24.0 Å². The molecule has 3 fully saturated rings. The largest absolute Gasteiger partial charge is 0.392 e. The van der Waals surface area contributed by atoms with E-state index in [1.54, 1.807) is 0 Å². The number of aliphatic hydroxyl groups excluding tert-OH is 1. The standard InChI is InChI=1S/C20H28N2O2.HI/c23-16-9-12-22(14-16)18-8-4-7-17(18)21-19(24)20(10-11-20)13-15-5-2-1-3-6-15;/h1-3,5-6,16-18,23H,4,7-14H2,(H,21,24);1H/t16?,17-,18+;/m1./s1. The van der Waals surface area contributed by atoms with Crippen LogP contribution in [0, 0.1) is 5.41 Å². The number of benzene rings is 1. The van der Waals surface area contributed by atoms with Gasteiger partial charge in [-0.2, -0.15) is 0 Å². The molecule has 3 atom stereocenters. The maximum atomic E-state index is 12.9. The van der Waals surface area contributed by atoms with Crippen molar-refractivity contribution in [1.82, 2.24) is 10.2 Å². The molecule has 1 amide bonds. The number of nitrogens with one attached hydrogen (secondary N) is 1. The maximum Gasteiger partial charge on any atom is 0.226 e. The third kappa shape index (κ3) is 4.19. The van der Waals surface area contributed by atoms with E-state index in [9.17, 15) is 9.90 Å². The first-order chi connectivity index (χ1) is 11.7. The molecule has 138 valence electrons. The predicted octanol–water partition coefficient (Wildman–Crippen LogP) is 2.73. The molecule has 0 bridgehead atoms. The maximum absolute atomic E-state index is 12.9. The average Bonchev–Trinajstić information content (AvgIpc) is 3.01. The Morgan fingerprint density at radius 3 is 2.60 bits per heavy atom. The van der Waals surface area contributed by atoms with Gasteiger partial charge in [-0.05, 0) is 50.5 Å². The van der Waals surface area contributed by atoms with Gasteiger partial charge >= 0.3 is 0 Å². The molecule has 4 nitrogen and oxygen atoms in total. The third-order valence-electron chi connectivity index (χ3n) is 6.18. The number of hydrogen-bond acceptors (Lipinski definition) is 3. The molecule has 5 heteroatoms. The zero-order valence-corrected chi connectivity index (χ0v) is 17.0. The normalized spacial score (nSPS) is 30.7. The van der Waals surface area contributed by atoms with Crippen LogP contribution in [0.25, 0.3) is 0 Å². The zero-order valence-electron chi connectivity index (χ0n) is 14.7. The van der Waals surface area contributed by atoms with Crippen molar-refractivity contribution in [2.45, 2.75) is 63.1 Å². The summed E-state index contributed by atoms with van der Waals surface area (Å²) in [4.78, 5) is 15.3. The number of likely N-dealkylation sites (tertiary alicyclic amines) is 1. The van der Waals surface area contributed by atoms with Crippen LogP contribution in [0.3, 0.4) is 0 Å². The average molecular weight is 456 g/mol. The van der Waals surface area contributed by atoms with E-state index in [0.717, 1.165) is 51.6 Å². The van der Waals surface area contributed by atoms with E-state index in [1.807, 2.05) is 6.07 Å². The molecule has 1 aromatic carbocycles. The van der Waals surface area contributed by atoms with Crippen molar-refractivity contribution in [3.05, 3.63) is 35.9 Å². The van der Waals surface area contributed by atoms with Gasteiger partial charge in [-0.25, -0.2) is 0 Å². The molecule has 4 rings (SSSR count). The van der Waals surface area contributed by atoms with E-state index in [1.165, 1.54) is 12.0 Å². The molecular weight excluding hydrogens is 427 g/mol. The van der Waals surface area contributed by atoms with Gasteiger partial charge in [0.25, 0.3) is 0 Å². The number of carbonyl (C=O) groups is 1. The lowest BCUT2D eigenvalue weighted by Gasteiger charge is -2.31. The van der Waals surface area contributed by atoms with E-state index in [0.29, 0.717) is 6.04 Å². The Morgan fingerprint density at radius 2 is 1.96 bits per heavy atom. The number of carbonyl (C=O) groups excluding carboxylic acids is 1. The highest BCUT2D eigenvalue weighted by Crippen LogP contribution is 2.49. The molecule has 25 heavy (non-hydrogen) atoms. The lowest BCUT2D eigenvalue weighted by molar-refractivity contribution is -0.127. The van der Waals surface area contributed by atoms with Crippen LogP contribution in [-0.4, -0.2) is 47.2 Å². The fourth-order valence-electron chi connectivity index (χ4n) is 4.56. The number of aliphatic hydroxyl groups is 1. The third-order valence-corrected chi connectivity index (χ3v) is 6.18. The number of halogens is 1. The summed E-state index contributed by atoms with van der Waals surface area (Å²) in [6, 6.07) is 11.0. The lowest BCUT2D eigenvalue weighted by Crippen LogP contribution is -2.50. The van der Waals surface area contributed by atoms with Crippen LogP contribution in [0.1, 0.15) is 44.1 Å². The molecule has 0 spiro atoms. The van der Waals surface area contributed by atoms with Gasteiger partial charge < -0.3 is 10.4 Å². The summed E-state index contributed by atoms with van der Waals surface area (Å²) in [5.41, 5.74) is 1.09. The van der Waals surface area contributed by atoms with Crippen molar-refractivity contribution >= 4 is 29.9 Å². The monoisotopic (exact) mass is 456 g/mol. The Hall–Kier alpha value is -0.660. The highest BCUT2D eigenvalue weighted by Gasteiger charge is 2.50. The molecule has 2 saturated carbocycles. The van der Waals surface area contributed by atoms with E-state index >= 15 is 0 Å². The van der Waals surface area contributed by atoms with Crippen molar-refractivity contribution in [2.75, 3.05) is 13.1 Å². The van der Waals surface area contributed by atoms with E-state index in [2.05, 4.69) is 34.5 Å². The van der Waals surface area contributed by atoms with Gasteiger partial charge in [0, 0.05) is 25.2 Å². The number of nitrogens with zero attached hydrogens (tertiary/aromatic N) is 1. The molecule has 0 aromatic heterocycles. The topological polar surface area (TPSA) is 52.6 Å². The van der Waals surface area contributed by atoms with Crippen molar-refractivity contribution in [3.63, 3.8) is 0 Å². The van der Waals surface area contributed by atoms with Crippen LogP contribution in [0.2, 0.25) is 0 Å². The minimum atomic E-state index is -0.185. The van der Waals surface area contributed by atoms with Crippen molar-refractivity contribution in [2.24, 2.45) is 5.41 Å². The minimum Gasteiger partial charge on any atom is -0.392 e. The SMILES string of the molecule is I.O=C(N[C@@H]1CCC[C@@H]1N1CCC(O)C1)C1(Cc2ccccc2)CC1. The van der Waals surface area contributed by atoms with Gasteiger partial charge in [-0.3, -0.25) is 9.69 Å². The molecule has 1 saturated heterocycles. The van der Waals surface area contributed by atoms with Crippen LogP contribution in [-0.2, 0) is 11.2 Å². The van der Waals surface area contributed by atoms with Crippen LogP contribution in [0.4, 0.5) is 0 Å². The second-order valence-electron chi connectivity index (χ2n) is 7.96. The number of amides is 1. The Kier molecular flexibility index (Phi) is 6.06. The van der Waals surface area contributed by atoms with E-state index < -0.39 is 0 Å². The summed E-state index contributed by atoms with van der Waals surface area (Å²) >= 11 is 0. The quantitative estimate of drug-likeness (QED) is 0.671. The predicted molar refractivity (Wildman–Crippen MR) is 109 cm³/mol. The molecule has 1 heterocycles. The second kappa shape index (κ2) is 7.92. The highest BCUT2D eigenvalue weighted by atomic mass is 127. The summed E-state index contributed by atoms with van der Waals surface area (Å²) in [6.45, 7) is 1.74. The van der Waals surface area contributed by atoms with Gasteiger partial charge in [0.15, 0.2) is 0 Å². The zero-order chi connectivity index (χ0) is 16.6. The summed E-state index contributed by atoms with van der Waals surface area (Å²) in [5.74, 6) is 0.253.